The number of hydrogen-bond acceptors (Lipinski definition) is 8. The van der Waals surface area contributed by atoms with Gasteiger partial charge in [0, 0.05) is 12.8 Å². The average Bonchev–Trinajstić information content (AvgIpc) is 2.27. The molecule has 0 fully saturated rings. The number of hydrazine groups is 2. The normalized spacial score (nSPS) is 18.1. The Morgan fingerprint density at radius 2 is 1.24 bits per heavy atom. The summed E-state index contributed by atoms with van der Waals surface area (Å²) in [5.41, 5.74) is -1.39. The molecule has 0 radical (unpaired) electrons. The van der Waals surface area contributed by atoms with Crippen LogP contribution in [0.4, 0.5) is 0 Å². The molecule has 0 aliphatic rings. The van der Waals surface area contributed by atoms with Crippen molar-refractivity contribution < 1.29 is 30.0 Å². The van der Waals surface area contributed by atoms with Gasteiger partial charge in [0.05, 0.1) is 0 Å². The van der Waals surface area contributed by atoms with Crippen molar-refractivity contribution in [2.24, 2.45) is 11.7 Å². The van der Waals surface area contributed by atoms with Gasteiger partial charge in [0.15, 0.2) is 0 Å². The third-order valence-electron chi connectivity index (χ3n) is 2.26. The maximum atomic E-state index is 10.6. The van der Waals surface area contributed by atoms with Crippen LogP contribution in [-0.2, 0) is 9.59 Å². The van der Waals surface area contributed by atoms with Gasteiger partial charge in [0.2, 0.25) is 11.4 Å². The highest BCUT2D eigenvalue weighted by molar-refractivity contribution is 5.77. The number of aliphatic carboxylic acids is 2. The van der Waals surface area contributed by atoms with Gasteiger partial charge in [0.25, 0.3) is 0 Å². The average molecular weight is 252 g/mol. The Kier molecular flexibility index (Phi) is 5.41. The molecule has 100 valence electrons. The van der Waals surface area contributed by atoms with Crippen molar-refractivity contribution in [2.45, 2.75) is 30.7 Å². The van der Waals surface area contributed by atoms with Crippen molar-refractivity contribution in [3.8, 4) is 0 Å². The van der Waals surface area contributed by atoms with E-state index in [9.17, 15) is 19.8 Å². The number of carbonyl (C=O) groups is 2. The number of hydrogen-bond donors (Lipinski definition) is 8. The molecule has 0 bridgehead atoms. The predicted molar refractivity (Wildman–Crippen MR) is 53.7 cm³/mol. The molecule has 0 saturated heterocycles. The fraction of sp³-hybridized carbons (Fsp3) is 0.714. The fourth-order valence-corrected chi connectivity index (χ4v) is 1.08. The van der Waals surface area contributed by atoms with Gasteiger partial charge in [-0.3, -0.25) is 11.7 Å². The predicted octanol–water partition coefficient (Wildman–Crippen LogP) is -3.37. The van der Waals surface area contributed by atoms with E-state index < -0.39 is 36.2 Å². The molecule has 17 heavy (non-hydrogen) atoms. The van der Waals surface area contributed by atoms with Crippen LogP contribution in [0.1, 0.15) is 19.3 Å². The highest BCUT2D eigenvalue weighted by Crippen LogP contribution is 2.16. The summed E-state index contributed by atoms with van der Waals surface area (Å²) in [6.45, 7) is 0. The van der Waals surface area contributed by atoms with Crippen LogP contribution >= 0.6 is 0 Å². The van der Waals surface area contributed by atoms with Gasteiger partial charge >= 0.3 is 11.9 Å². The Morgan fingerprint density at radius 3 is 1.41 bits per heavy atom. The molecule has 0 unspecified atom stereocenters. The second kappa shape index (κ2) is 5.86. The third-order valence-corrected chi connectivity index (χ3v) is 2.26. The maximum absolute atomic E-state index is 10.6. The molecule has 0 aliphatic heterocycles. The van der Waals surface area contributed by atoms with Crippen molar-refractivity contribution in [3.63, 3.8) is 0 Å². The highest BCUT2D eigenvalue weighted by atomic mass is 16.4. The quantitative estimate of drug-likeness (QED) is 0.123. The highest BCUT2D eigenvalue weighted by Gasteiger charge is 2.38. The largest absolute Gasteiger partial charge is 0.478 e. The SMILES string of the molecule is NN[C@](O)(CCC[C@@](O)(NN)C(=O)O)C(=O)O. The zero-order chi connectivity index (χ0) is 13.7. The molecule has 0 spiro atoms. The summed E-state index contributed by atoms with van der Waals surface area (Å²) in [4.78, 5) is 21.2. The molecule has 0 aromatic carbocycles. The Bertz CT molecular complexity index is 272. The summed E-state index contributed by atoms with van der Waals surface area (Å²) in [5.74, 6) is 6.48. The molecule has 0 aromatic heterocycles. The van der Waals surface area contributed by atoms with Crippen molar-refractivity contribution in [3.05, 3.63) is 0 Å². The van der Waals surface area contributed by atoms with Crippen molar-refractivity contribution >= 4 is 11.9 Å². The Balaban J connectivity index is 4.40. The van der Waals surface area contributed by atoms with Crippen LogP contribution in [0, 0.1) is 0 Å². The van der Waals surface area contributed by atoms with Crippen LogP contribution in [0.15, 0.2) is 0 Å². The summed E-state index contributed by atoms with van der Waals surface area (Å²) in [5, 5.41) is 36.0. The number of nitrogens with two attached hydrogens (primary N) is 2. The van der Waals surface area contributed by atoms with Gasteiger partial charge in [0.1, 0.15) is 0 Å². The van der Waals surface area contributed by atoms with E-state index in [1.54, 1.807) is 10.9 Å². The number of nitrogens with one attached hydrogen (secondary N) is 2. The minimum Gasteiger partial charge on any atom is -0.478 e. The molecular formula is C7H16N4O6. The smallest absolute Gasteiger partial charge is 0.352 e. The summed E-state index contributed by atoms with van der Waals surface area (Å²) in [6.07, 6.45) is -0.966. The maximum Gasteiger partial charge on any atom is 0.352 e. The number of aliphatic hydroxyl groups is 2. The molecular weight excluding hydrogens is 236 g/mol. The van der Waals surface area contributed by atoms with Crippen molar-refractivity contribution in [1.82, 2.24) is 10.9 Å². The third kappa shape index (κ3) is 3.89. The molecule has 2 atom stereocenters. The lowest BCUT2D eigenvalue weighted by Gasteiger charge is -2.25. The molecule has 10 N–H and O–H groups in total. The lowest BCUT2D eigenvalue weighted by Crippen LogP contribution is -2.57. The van der Waals surface area contributed by atoms with Crippen LogP contribution in [0.2, 0.25) is 0 Å². The second-order valence-electron chi connectivity index (χ2n) is 3.47. The zero-order valence-corrected chi connectivity index (χ0v) is 8.88. The first-order chi connectivity index (χ1) is 7.72. The van der Waals surface area contributed by atoms with Crippen molar-refractivity contribution in [1.29, 1.82) is 0 Å². The Hall–Kier alpha value is -1.30. The van der Waals surface area contributed by atoms with Crippen LogP contribution in [-0.4, -0.2) is 43.8 Å². The van der Waals surface area contributed by atoms with E-state index in [0.717, 1.165) is 0 Å². The number of carboxylic acids is 2. The van der Waals surface area contributed by atoms with E-state index in [2.05, 4.69) is 0 Å². The van der Waals surface area contributed by atoms with E-state index >= 15 is 0 Å². The van der Waals surface area contributed by atoms with E-state index in [-0.39, 0.29) is 6.42 Å². The van der Waals surface area contributed by atoms with Crippen LogP contribution < -0.4 is 22.5 Å². The topological polar surface area (TPSA) is 191 Å². The van der Waals surface area contributed by atoms with E-state index in [1.165, 1.54) is 0 Å². The monoisotopic (exact) mass is 252 g/mol. The molecule has 0 heterocycles. The van der Waals surface area contributed by atoms with Gasteiger partial charge in [-0.1, -0.05) is 0 Å². The first-order valence-electron chi connectivity index (χ1n) is 4.59. The molecule has 0 saturated carbocycles. The number of rotatable bonds is 8. The lowest BCUT2D eigenvalue weighted by atomic mass is 10.0. The molecule has 0 rings (SSSR count). The van der Waals surface area contributed by atoms with Gasteiger partial charge in [-0.15, -0.1) is 0 Å². The summed E-state index contributed by atoms with van der Waals surface area (Å²) in [7, 11) is 0. The molecule has 0 aliphatic carbocycles. The summed E-state index contributed by atoms with van der Waals surface area (Å²) < 4.78 is 0. The molecule has 10 nitrogen and oxygen atoms in total. The lowest BCUT2D eigenvalue weighted by molar-refractivity contribution is -0.166. The van der Waals surface area contributed by atoms with Gasteiger partial charge in [-0.2, -0.15) is 0 Å². The van der Waals surface area contributed by atoms with E-state index in [1.807, 2.05) is 0 Å². The van der Waals surface area contributed by atoms with Crippen LogP contribution in [0.5, 0.6) is 0 Å². The van der Waals surface area contributed by atoms with Gasteiger partial charge < -0.3 is 20.4 Å². The minimum atomic E-state index is -2.38. The van der Waals surface area contributed by atoms with E-state index in [0.29, 0.717) is 0 Å². The minimum absolute atomic E-state index is 0.153. The molecule has 0 aromatic rings. The Labute approximate surface area is 96.1 Å². The first-order valence-corrected chi connectivity index (χ1v) is 4.59. The standard InChI is InChI=1S/C7H16N4O6/c8-10-6(16,4(12)13)2-1-3-7(17,11-9)5(14)15/h10-11,16-17H,1-3,8-9H2,(H,12,13)(H,14,15)/t6-,7-/m0/s1. The first kappa shape index (κ1) is 15.7. The molecule has 10 heteroatoms. The van der Waals surface area contributed by atoms with E-state index in [4.69, 9.17) is 21.9 Å². The summed E-state index contributed by atoms with van der Waals surface area (Å²) >= 11 is 0. The van der Waals surface area contributed by atoms with Crippen molar-refractivity contribution in [2.75, 3.05) is 0 Å². The summed E-state index contributed by atoms with van der Waals surface area (Å²) in [6, 6.07) is 0. The molecule has 0 amide bonds. The fourth-order valence-electron chi connectivity index (χ4n) is 1.08. The van der Waals surface area contributed by atoms with Crippen LogP contribution in [0.25, 0.3) is 0 Å². The zero-order valence-electron chi connectivity index (χ0n) is 8.88. The number of carboxylic acid groups (broad SMARTS) is 2. The second-order valence-corrected chi connectivity index (χ2v) is 3.47. The Morgan fingerprint density at radius 1 is 0.941 bits per heavy atom. The van der Waals surface area contributed by atoms with Crippen LogP contribution in [0.3, 0.4) is 0 Å². The van der Waals surface area contributed by atoms with Gasteiger partial charge in [-0.05, 0) is 6.42 Å². The van der Waals surface area contributed by atoms with Gasteiger partial charge in [-0.25, -0.2) is 20.4 Å².